The molecule has 0 atom stereocenters. The first-order chi connectivity index (χ1) is 11.8. The third-order valence-electron chi connectivity index (χ3n) is 4.70. The molecule has 2 aromatic carbocycles. The second-order valence-corrected chi connectivity index (χ2v) is 7.51. The van der Waals surface area contributed by atoms with Crippen LogP contribution in [0.15, 0.2) is 53.0 Å². The summed E-state index contributed by atoms with van der Waals surface area (Å²) < 4.78 is 7.19. The molecule has 0 spiro atoms. The van der Waals surface area contributed by atoms with E-state index in [0.717, 1.165) is 16.8 Å². The van der Waals surface area contributed by atoms with Crippen molar-refractivity contribution in [1.29, 1.82) is 0 Å². The van der Waals surface area contributed by atoms with Crippen LogP contribution in [0.2, 0.25) is 0 Å². The van der Waals surface area contributed by atoms with E-state index in [1.807, 2.05) is 6.07 Å². The molecule has 128 valence electrons. The van der Waals surface area contributed by atoms with Crippen LogP contribution >= 0.6 is 15.9 Å². The molecule has 1 fully saturated rings. The third-order valence-corrected chi connectivity index (χ3v) is 5.19. The molecule has 1 N–H and O–H groups in total. The lowest BCUT2D eigenvalue weighted by molar-refractivity contribution is 0.301. The number of ether oxygens (including phenoxy) is 1. The Labute approximate surface area is 153 Å². The summed E-state index contributed by atoms with van der Waals surface area (Å²) in [6.45, 7) is 1.48. The van der Waals surface area contributed by atoms with Crippen molar-refractivity contribution in [1.82, 2.24) is 5.32 Å². The highest BCUT2D eigenvalue weighted by Crippen LogP contribution is 2.25. The fourth-order valence-electron chi connectivity index (χ4n) is 3.30. The summed E-state index contributed by atoms with van der Waals surface area (Å²) in [6.07, 6.45) is 8.09. The largest absolute Gasteiger partial charge is 0.489 e. The molecule has 3 heteroatoms. The fraction of sp³-hybridized carbons (Fsp3) is 0.429. The summed E-state index contributed by atoms with van der Waals surface area (Å²) in [4.78, 5) is 0. The summed E-state index contributed by atoms with van der Waals surface area (Å²) in [5, 5.41) is 3.74. The van der Waals surface area contributed by atoms with Gasteiger partial charge in [-0.1, -0.05) is 71.9 Å². The van der Waals surface area contributed by atoms with E-state index < -0.39 is 0 Å². The van der Waals surface area contributed by atoms with Crippen LogP contribution < -0.4 is 10.1 Å². The lowest BCUT2D eigenvalue weighted by Gasteiger charge is -2.18. The topological polar surface area (TPSA) is 21.3 Å². The standard InChI is InChI=1S/C21H26BrNO/c22-19-12-13-21(24-16-17-8-4-3-5-9-17)18(14-19)15-23-20-10-6-1-2-7-11-20/h3-5,8-9,12-14,20,23H,1-2,6-7,10-11,15-16H2. The monoisotopic (exact) mass is 387 g/mol. The molecule has 0 unspecified atom stereocenters. The van der Waals surface area contributed by atoms with Crippen LogP contribution in [0.1, 0.15) is 49.7 Å². The lowest BCUT2D eigenvalue weighted by atomic mass is 10.1. The van der Waals surface area contributed by atoms with E-state index >= 15 is 0 Å². The SMILES string of the molecule is Brc1ccc(OCc2ccccc2)c(CNC2CCCCCC2)c1. The van der Waals surface area contributed by atoms with E-state index in [-0.39, 0.29) is 0 Å². The summed E-state index contributed by atoms with van der Waals surface area (Å²) in [5.74, 6) is 0.975. The van der Waals surface area contributed by atoms with Crippen molar-refractivity contribution in [2.45, 2.75) is 57.7 Å². The molecule has 0 bridgehead atoms. The first-order valence-electron chi connectivity index (χ1n) is 9.00. The summed E-state index contributed by atoms with van der Waals surface area (Å²) in [7, 11) is 0. The molecule has 2 nitrogen and oxygen atoms in total. The minimum absolute atomic E-state index is 0.610. The summed E-state index contributed by atoms with van der Waals surface area (Å²) in [5.41, 5.74) is 2.42. The van der Waals surface area contributed by atoms with Crippen LogP contribution in [0.3, 0.4) is 0 Å². The van der Waals surface area contributed by atoms with Crippen LogP contribution in [0.25, 0.3) is 0 Å². The molecule has 3 rings (SSSR count). The Morgan fingerprint density at radius 1 is 0.958 bits per heavy atom. The van der Waals surface area contributed by atoms with Gasteiger partial charge in [0.1, 0.15) is 12.4 Å². The van der Waals surface area contributed by atoms with Crippen LogP contribution in [0.4, 0.5) is 0 Å². The summed E-state index contributed by atoms with van der Waals surface area (Å²) >= 11 is 3.59. The van der Waals surface area contributed by atoms with Crippen molar-refractivity contribution in [3.05, 3.63) is 64.1 Å². The Balaban J connectivity index is 1.61. The van der Waals surface area contributed by atoms with Gasteiger partial charge < -0.3 is 10.1 Å². The summed E-state index contributed by atoms with van der Waals surface area (Å²) in [6, 6.07) is 17.3. The van der Waals surface area contributed by atoms with E-state index in [4.69, 9.17) is 4.74 Å². The molecular formula is C21H26BrNO. The Morgan fingerprint density at radius 2 is 1.71 bits per heavy atom. The highest BCUT2D eigenvalue weighted by atomic mass is 79.9. The van der Waals surface area contributed by atoms with Crippen molar-refractivity contribution in [2.24, 2.45) is 0 Å². The van der Waals surface area contributed by atoms with E-state index in [1.165, 1.54) is 49.7 Å². The van der Waals surface area contributed by atoms with Gasteiger partial charge in [0.25, 0.3) is 0 Å². The predicted octanol–water partition coefficient (Wildman–Crippen LogP) is 5.84. The number of nitrogens with one attached hydrogen (secondary N) is 1. The predicted molar refractivity (Wildman–Crippen MR) is 103 cm³/mol. The zero-order valence-corrected chi connectivity index (χ0v) is 15.7. The molecule has 0 aromatic heterocycles. The van der Waals surface area contributed by atoms with Gasteiger partial charge in [-0.15, -0.1) is 0 Å². The van der Waals surface area contributed by atoms with Crippen LogP contribution in [-0.2, 0) is 13.2 Å². The van der Waals surface area contributed by atoms with Gasteiger partial charge in [0, 0.05) is 22.6 Å². The second-order valence-electron chi connectivity index (χ2n) is 6.60. The Kier molecular flexibility index (Phi) is 6.74. The minimum Gasteiger partial charge on any atom is -0.489 e. The molecule has 2 aromatic rings. The zero-order valence-electron chi connectivity index (χ0n) is 14.1. The van der Waals surface area contributed by atoms with Gasteiger partial charge >= 0.3 is 0 Å². The molecule has 1 saturated carbocycles. The molecular weight excluding hydrogens is 362 g/mol. The lowest BCUT2D eigenvalue weighted by Crippen LogP contribution is -2.28. The van der Waals surface area contributed by atoms with Gasteiger partial charge in [-0.2, -0.15) is 0 Å². The molecule has 0 saturated heterocycles. The van der Waals surface area contributed by atoms with Crippen LogP contribution in [0, 0.1) is 0 Å². The Hall–Kier alpha value is -1.32. The van der Waals surface area contributed by atoms with Crippen molar-refractivity contribution >= 4 is 15.9 Å². The average Bonchev–Trinajstić information content (AvgIpc) is 2.89. The Morgan fingerprint density at radius 3 is 2.46 bits per heavy atom. The molecule has 0 radical (unpaired) electrons. The van der Waals surface area contributed by atoms with E-state index in [9.17, 15) is 0 Å². The zero-order chi connectivity index (χ0) is 16.6. The van der Waals surface area contributed by atoms with Gasteiger partial charge in [0.05, 0.1) is 0 Å². The number of hydrogen-bond acceptors (Lipinski definition) is 2. The van der Waals surface area contributed by atoms with E-state index in [2.05, 4.69) is 63.7 Å². The quantitative estimate of drug-likeness (QED) is 0.628. The maximum atomic E-state index is 6.08. The maximum absolute atomic E-state index is 6.08. The van der Waals surface area contributed by atoms with Crippen LogP contribution in [-0.4, -0.2) is 6.04 Å². The fourth-order valence-corrected chi connectivity index (χ4v) is 3.71. The number of halogens is 1. The number of hydrogen-bond donors (Lipinski definition) is 1. The van der Waals surface area contributed by atoms with Gasteiger partial charge in [-0.05, 0) is 36.6 Å². The first kappa shape index (κ1) is 17.5. The van der Waals surface area contributed by atoms with E-state index in [1.54, 1.807) is 0 Å². The number of rotatable bonds is 6. The first-order valence-corrected chi connectivity index (χ1v) is 9.79. The highest BCUT2D eigenvalue weighted by Gasteiger charge is 2.13. The molecule has 1 aliphatic rings. The minimum atomic E-state index is 0.610. The van der Waals surface area contributed by atoms with Crippen molar-refractivity contribution in [2.75, 3.05) is 0 Å². The van der Waals surface area contributed by atoms with Gasteiger partial charge in [-0.3, -0.25) is 0 Å². The molecule has 0 heterocycles. The van der Waals surface area contributed by atoms with Crippen molar-refractivity contribution in [3.63, 3.8) is 0 Å². The normalized spacial score (nSPS) is 15.9. The third kappa shape index (κ3) is 5.35. The number of benzene rings is 2. The van der Waals surface area contributed by atoms with Crippen molar-refractivity contribution in [3.8, 4) is 5.75 Å². The molecule has 0 amide bonds. The molecule has 0 aliphatic heterocycles. The van der Waals surface area contributed by atoms with Gasteiger partial charge in [-0.25, -0.2) is 0 Å². The Bertz CT molecular complexity index is 621. The average molecular weight is 388 g/mol. The maximum Gasteiger partial charge on any atom is 0.124 e. The van der Waals surface area contributed by atoms with Crippen molar-refractivity contribution < 1.29 is 4.74 Å². The smallest absolute Gasteiger partial charge is 0.124 e. The van der Waals surface area contributed by atoms with E-state index in [0.29, 0.717) is 12.6 Å². The van der Waals surface area contributed by atoms with Crippen LogP contribution in [0.5, 0.6) is 5.75 Å². The molecule has 24 heavy (non-hydrogen) atoms. The second kappa shape index (κ2) is 9.24. The van der Waals surface area contributed by atoms with Gasteiger partial charge in [0.2, 0.25) is 0 Å². The molecule has 1 aliphatic carbocycles. The van der Waals surface area contributed by atoms with Gasteiger partial charge in [0.15, 0.2) is 0 Å². The highest BCUT2D eigenvalue weighted by molar-refractivity contribution is 9.10.